The third kappa shape index (κ3) is 7.34. The lowest BCUT2D eigenvalue weighted by molar-refractivity contribution is 0.243. The molecule has 0 aromatic rings. The van der Waals surface area contributed by atoms with E-state index in [1.54, 1.807) is 6.92 Å². The standard InChI is InChI=1S/C10H18O/c1-4-5-6-7-9(2)8-10(3)11/h4-5,8,10-11H,6-7H2,1-3H3. The summed E-state index contributed by atoms with van der Waals surface area (Å²) in [5.41, 5.74) is 1.26. The van der Waals surface area contributed by atoms with Gasteiger partial charge in [0.2, 0.25) is 0 Å². The van der Waals surface area contributed by atoms with Crippen molar-refractivity contribution in [2.75, 3.05) is 0 Å². The maximum Gasteiger partial charge on any atom is 0.0695 e. The highest BCUT2D eigenvalue weighted by atomic mass is 16.3. The fraction of sp³-hybridized carbons (Fsp3) is 0.600. The van der Waals surface area contributed by atoms with Crippen molar-refractivity contribution in [1.82, 2.24) is 0 Å². The van der Waals surface area contributed by atoms with Gasteiger partial charge in [0.25, 0.3) is 0 Å². The molecule has 0 heterocycles. The lowest BCUT2D eigenvalue weighted by Crippen LogP contribution is -1.94. The second kappa shape index (κ2) is 6.17. The third-order valence-electron chi connectivity index (χ3n) is 1.47. The van der Waals surface area contributed by atoms with Gasteiger partial charge < -0.3 is 5.11 Å². The first-order valence-corrected chi connectivity index (χ1v) is 4.13. The van der Waals surface area contributed by atoms with Crippen LogP contribution in [0.5, 0.6) is 0 Å². The number of hydrogen-bond acceptors (Lipinski definition) is 1. The molecular formula is C10H18O. The first-order chi connectivity index (χ1) is 5.16. The molecule has 0 spiro atoms. The van der Waals surface area contributed by atoms with Crippen molar-refractivity contribution in [3.05, 3.63) is 23.8 Å². The molecular weight excluding hydrogens is 136 g/mol. The van der Waals surface area contributed by atoms with E-state index in [1.807, 2.05) is 13.0 Å². The molecule has 0 saturated carbocycles. The maximum atomic E-state index is 8.98. The molecule has 0 aliphatic heterocycles. The summed E-state index contributed by atoms with van der Waals surface area (Å²) in [5.74, 6) is 0. The Morgan fingerprint density at radius 3 is 2.64 bits per heavy atom. The average molecular weight is 154 g/mol. The summed E-state index contributed by atoms with van der Waals surface area (Å²) in [5, 5.41) is 8.98. The monoisotopic (exact) mass is 154 g/mol. The van der Waals surface area contributed by atoms with Crippen LogP contribution in [0.2, 0.25) is 0 Å². The van der Waals surface area contributed by atoms with Gasteiger partial charge in [-0.15, -0.1) is 0 Å². The van der Waals surface area contributed by atoms with E-state index in [-0.39, 0.29) is 6.10 Å². The topological polar surface area (TPSA) is 20.2 Å². The summed E-state index contributed by atoms with van der Waals surface area (Å²) in [4.78, 5) is 0. The molecule has 0 aliphatic rings. The summed E-state index contributed by atoms with van der Waals surface area (Å²) < 4.78 is 0. The Bertz CT molecular complexity index is 143. The zero-order valence-corrected chi connectivity index (χ0v) is 7.67. The molecule has 11 heavy (non-hydrogen) atoms. The van der Waals surface area contributed by atoms with Crippen molar-refractivity contribution in [2.24, 2.45) is 0 Å². The zero-order valence-electron chi connectivity index (χ0n) is 7.67. The van der Waals surface area contributed by atoms with Crippen LogP contribution in [-0.4, -0.2) is 11.2 Å². The second-order valence-corrected chi connectivity index (χ2v) is 2.86. The van der Waals surface area contributed by atoms with Gasteiger partial charge in [-0.25, -0.2) is 0 Å². The van der Waals surface area contributed by atoms with Gasteiger partial charge in [0, 0.05) is 0 Å². The lowest BCUT2D eigenvalue weighted by Gasteiger charge is -1.99. The highest BCUT2D eigenvalue weighted by molar-refractivity contribution is 5.02. The summed E-state index contributed by atoms with van der Waals surface area (Å²) in [6, 6.07) is 0. The molecule has 0 aliphatic carbocycles. The van der Waals surface area contributed by atoms with Crippen LogP contribution in [0.4, 0.5) is 0 Å². The molecule has 1 atom stereocenters. The van der Waals surface area contributed by atoms with Crippen molar-refractivity contribution < 1.29 is 5.11 Å². The molecule has 1 N–H and O–H groups in total. The normalized spacial score (nSPS) is 15.8. The Morgan fingerprint density at radius 1 is 1.55 bits per heavy atom. The van der Waals surface area contributed by atoms with Gasteiger partial charge in [0.15, 0.2) is 0 Å². The van der Waals surface area contributed by atoms with E-state index >= 15 is 0 Å². The van der Waals surface area contributed by atoms with Gasteiger partial charge in [-0.05, 0) is 33.6 Å². The SMILES string of the molecule is CC=CCCC(C)=CC(C)O. The third-order valence-corrected chi connectivity index (χ3v) is 1.47. The smallest absolute Gasteiger partial charge is 0.0695 e. The van der Waals surface area contributed by atoms with E-state index in [0.717, 1.165) is 12.8 Å². The molecule has 1 unspecified atom stereocenters. The molecule has 0 saturated heterocycles. The molecule has 0 fully saturated rings. The molecule has 0 amide bonds. The molecule has 0 rings (SSSR count). The van der Waals surface area contributed by atoms with Gasteiger partial charge in [-0.1, -0.05) is 23.8 Å². The van der Waals surface area contributed by atoms with Gasteiger partial charge in [0.1, 0.15) is 0 Å². The van der Waals surface area contributed by atoms with E-state index in [4.69, 9.17) is 5.11 Å². The Kier molecular flexibility index (Phi) is 5.86. The van der Waals surface area contributed by atoms with Crippen LogP contribution < -0.4 is 0 Å². The largest absolute Gasteiger partial charge is 0.389 e. The van der Waals surface area contributed by atoms with Crippen molar-refractivity contribution in [2.45, 2.75) is 39.7 Å². The van der Waals surface area contributed by atoms with Crippen LogP contribution >= 0.6 is 0 Å². The lowest BCUT2D eigenvalue weighted by atomic mass is 10.1. The molecule has 0 aromatic carbocycles. The predicted molar refractivity (Wildman–Crippen MR) is 49.5 cm³/mol. The highest BCUT2D eigenvalue weighted by Gasteiger charge is 1.91. The summed E-state index contributed by atoms with van der Waals surface area (Å²) >= 11 is 0. The van der Waals surface area contributed by atoms with E-state index in [0.29, 0.717) is 0 Å². The Labute approximate surface area is 69.4 Å². The van der Waals surface area contributed by atoms with E-state index in [9.17, 15) is 0 Å². The van der Waals surface area contributed by atoms with Gasteiger partial charge in [-0.3, -0.25) is 0 Å². The number of rotatable bonds is 4. The number of aliphatic hydroxyl groups excluding tert-OH is 1. The molecule has 0 bridgehead atoms. The van der Waals surface area contributed by atoms with Crippen LogP contribution in [0.15, 0.2) is 23.8 Å². The van der Waals surface area contributed by atoms with E-state index < -0.39 is 0 Å². The fourth-order valence-electron chi connectivity index (χ4n) is 0.973. The number of allylic oxidation sites excluding steroid dienone is 3. The van der Waals surface area contributed by atoms with Crippen LogP contribution in [-0.2, 0) is 0 Å². The van der Waals surface area contributed by atoms with Crippen LogP contribution in [0.25, 0.3) is 0 Å². The van der Waals surface area contributed by atoms with Crippen LogP contribution in [0.1, 0.15) is 33.6 Å². The number of hydrogen-bond donors (Lipinski definition) is 1. The van der Waals surface area contributed by atoms with Crippen molar-refractivity contribution in [3.8, 4) is 0 Å². The summed E-state index contributed by atoms with van der Waals surface area (Å²) in [6.45, 7) is 5.85. The maximum absolute atomic E-state index is 8.98. The highest BCUT2D eigenvalue weighted by Crippen LogP contribution is 2.05. The Morgan fingerprint density at radius 2 is 2.18 bits per heavy atom. The summed E-state index contributed by atoms with van der Waals surface area (Å²) in [7, 11) is 0. The minimum Gasteiger partial charge on any atom is -0.389 e. The molecule has 1 heteroatoms. The molecule has 64 valence electrons. The fourth-order valence-corrected chi connectivity index (χ4v) is 0.973. The predicted octanol–water partition coefficient (Wildman–Crippen LogP) is 2.67. The van der Waals surface area contributed by atoms with Gasteiger partial charge in [0.05, 0.1) is 6.10 Å². The first-order valence-electron chi connectivity index (χ1n) is 4.13. The Hall–Kier alpha value is -0.560. The number of aliphatic hydroxyl groups is 1. The minimum absolute atomic E-state index is 0.305. The average Bonchev–Trinajstić information content (AvgIpc) is 1.86. The zero-order chi connectivity index (χ0) is 8.69. The van der Waals surface area contributed by atoms with Crippen molar-refractivity contribution in [1.29, 1.82) is 0 Å². The first kappa shape index (κ1) is 10.4. The van der Waals surface area contributed by atoms with Crippen molar-refractivity contribution >= 4 is 0 Å². The minimum atomic E-state index is -0.305. The van der Waals surface area contributed by atoms with Gasteiger partial charge in [-0.2, -0.15) is 0 Å². The Balaban J connectivity index is 3.59. The molecule has 0 radical (unpaired) electrons. The van der Waals surface area contributed by atoms with Gasteiger partial charge >= 0.3 is 0 Å². The van der Waals surface area contributed by atoms with Crippen LogP contribution in [0.3, 0.4) is 0 Å². The van der Waals surface area contributed by atoms with Crippen LogP contribution in [0, 0.1) is 0 Å². The molecule has 0 aromatic heterocycles. The molecule has 1 nitrogen and oxygen atoms in total. The van der Waals surface area contributed by atoms with E-state index in [1.165, 1.54) is 5.57 Å². The second-order valence-electron chi connectivity index (χ2n) is 2.86. The van der Waals surface area contributed by atoms with Crippen molar-refractivity contribution in [3.63, 3.8) is 0 Å². The van der Waals surface area contributed by atoms with E-state index in [2.05, 4.69) is 19.1 Å². The quantitative estimate of drug-likeness (QED) is 0.617. The summed E-state index contributed by atoms with van der Waals surface area (Å²) in [6.07, 6.45) is 7.90.